The molecule has 1 heterocycles. The van der Waals surface area contributed by atoms with E-state index in [4.69, 9.17) is 11.6 Å². The number of fused-ring (bicyclic) bond motifs is 1. The van der Waals surface area contributed by atoms with Crippen LogP contribution in [0.3, 0.4) is 0 Å². The molecular weight excluding hydrogens is 356 g/mol. The number of aliphatic hydroxyl groups excluding tert-OH is 1. The molecule has 0 spiro atoms. The summed E-state index contributed by atoms with van der Waals surface area (Å²) in [5.74, 6) is -1.51. The van der Waals surface area contributed by atoms with E-state index in [9.17, 15) is 19.5 Å². The molecule has 1 aliphatic rings. The lowest BCUT2D eigenvalue weighted by atomic mass is 10.1. The average Bonchev–Trinajstić information content (AvgIpc) is 2.90. The van der Waals surface area contributed by atoms with Crippen LogP contribution in [0.15, 0.2) is 48.5 Å². The molecule has 134 valence electrons. The Labute approximate surface area is 155 Å². The summed E-state index contributed by atoms with van der Waals surface area (Å²) in [6.45, 7) is 1.43. The maximum atomic E-state index is 12.4. The number of rotatable bonds is 5. The first-order valence-corrected chi connectivity index (χ1v) is 8.46. The number of halogens is 1. The van der Waals surface area contributed by atoms with Gasteiger partial charge in [0.15, 0.2) is 0 Å². The van der Waals surface area contributed by atoms with Gasteiger partial charge >= 0.3 is 0 Å². The van der Waals surface area contributed by atoms with Crippen molar-refractivity contribution in [1.82, 2.24) is 10.2 Å². The first-order chi connectivity index (χ1) is 12.4. The number of aliphatic hydroxyl groups is 1. The lowest BCUT2D eigenvalue weighted by Crippen LogP contribution is -2.48. The Bertz CT molecular complexity index is 831. The molecule has 1 aliphatic heterocycles. The fourth-order valence-corrected chi connectivity index (χ4v) is 2.95. The predicted octanol–water partition coefficient (Wildman–Crippen LogP) is 2.17. The molecule has 0 aliphatic carbocycles. The van der Waals surface area contributed by atoms with E-state index in [-0.39, 0.29) is 6.54 Å². The van der Waals surface area contributed by atoms with Crippen LogP contribution in [0.5, 0.6) is 0 Å². The largest absolute Gasteiger partial charge is 0.387 e. The van der Waals surface area contributed by atoms with Crippen LogP contribution in [0.2, 0.25) is 5.02 Å². The molecule has 2 atom stereocenters. The number of carbonyl (C=O) groups excluding carboxylic acids is 3. The second-order valence-electron chi connectivity index (χ2n) is 6.01. The Balaban J connectivity index is 1.64. The van der Waals surface area contributed by atoms with Crippen LogP contribution in [0.1, 0.15) is 39.3 Å². The van der Waals surface area contributed by atoms with Gasteiger partial charge in [-0.3, -0.25) is 19.3 Å². The molecule has 26 heavy (non-hydrogen) atoms. The highest BCUT2D eigenvalue weighted by Crippen LogP contribution is 2.24. The molecule has 2 aromatic rings. The van der Waals surface area contributed by atoms with E-state index < -0.39 is 29.9 Å². The molecule has 0 bridgehead atoms. The number of nitrogens with one attached hydrogen (secondary N) is 1. The van der Waals surface area contributed by atoms with E-state index in [1.165, 1.54) is 6.92 Å². The van der Waals surface area contributed by atoms with Crippen molar-refractivity contribution in [2.75, 3.05) is 6.54 Å². The first-order valence-electron chi connectivity index (χ1n) is 8.08. The molecule has 0 fully saturated rings. The summed E-state index contributed by atoms with van der Waals surface area (Å²) in [7, 11) is 0. The van der Waals surface area contributed by atoms with Gasteiger partial charge in [-0.2, -0.15) is 0 Å². The third-order valence-electron chi connectivity index (χ3n) is 4.32. The molecule has 2 unspecified atom stereocenters. The van der Waals surface area contributed by atoms with Gasteiger partial charge in [-0.05, 0) is 36.8 Å². The highest BCUT2D eigenvalue weighted by atomic mass is 35.5. The zero-order valence-electron chi connectivity index (χ0n) is 14.0. The van der Waals surface area contributed by atoms with E-state index >= 15 is 0 Å². The maximum absolute atomic E-state index is 12.4. The zero-order chi connectivity index (χ0) is 18.8. The van der Waals surface area contributed by atoms with Crippen LogP contribution in [-0.2, 0) is 4.79 Å². The SMILES string of the molecule is CC(C(=O)NCC(O)c1ccc(Cl)cc1)N1C(=O)c2ccccc2C1=O. The lowest BCUT2D eigenvalue weighted by molar-refractivity contribution is -0.125. The van der Waals surface area contributed by atoms with Gasteiger partial charge in [-0.15, -0.1) is 0 Å². The van der Waals surface area contributed by atoms with Gasteiger partial charge in [0.1, 0.15) is 6.04 Å². The predicted molar refractivity (Wildman–Crippen MR) is 95.8 cm³/mol. The van der Waals surface area contributed by atoms with Crippen LogP contribution >= 0.6 is 11.6 Å². The van der Waals surface area contributed by atoms with Crippen LogP contribution in [0.25, 0.3) is 0 Å². The van der Waals surface area contributed by atoms with E-state index in [1.807, 2.05) is 0 Å². The Morgan fingerprint density at radius 1 is 1.08 bits per heavy atom. The monoisotopic (exact) mass is 372 g/mol. The minimum atomic E-state index is -0.986. The number of hydrogen-bond acceptors (Lipinski definition) is 4. The minimum absolute atomic E-state index is 0.0476. The highest BCUT2D eigenvalue weighted by molar-refractivity contribution is 6.30. The van der Waals surface area contributed by atoms with E-state index in [1.54, 1.807) is 48.5 Å². The van der Waals surface area contributed by atoms with Gasteiger partial charge in [0, 0.05) is 11.6 Å². The Morgan fingerprint density at radius 3 is 2.15 bits per heavy atom. The van der Waals surface area contributed by atoms with E-state index in [2.05, 4.69) is 5.32 Å². The molecule has 0 saturated heterocycles. The summed E-state index contributed by atoms with van der Waals surface area (Å²) >= 11 is 5.80. The van der Waals surface area contributed by atoms with Gasteiger partial charge in [-0.25, -0.2) is 0 Å². The Hall–Kier alpha value is -2.70. The minimum Gasteiger partial charge on any atom is -0.387 e. The summed E-state index contributed by atoms with van der Waals surface area (Å²) in [6.07, 6.45) is -0.925. The number of carbonyl (C=O) groups is 3. The Morgan fingerprint density at radius 2 is 1.62 bits per heavy atom. The van der Waals surface area contributed by atoms with Crippen molar-refractivity contribution in [2.45, 2.75) is 19.1 Å². The molecule has 0 saturated carbocycles. The number of nitrogens with zero attached hydrogens (tertiary/aromatic N) is 1. The topological polar surface area (TPSA) is 86.7 Å². The van der Waals surface area contributed by atoms with Gasteiger partial charge in [0.05, 0.1) is 17.2 Å². The second kappa shape index (κ2) is 7.27. The van der Waals surface area contributed by atoms with Crippen molar-refractivity contribution >= 4 is 29.3 Å². The lowest BCUT2D eigenvalue weighted by Gasteiger charge is -2.22. The summed E-state index contributed by atoms with van der Waals surface area (Å²) < 4.78 is 0. The summed E-state index contributed by atoms with van der Waals surface area (Å²) in [4.78, 5) is 38.1. The second-order valence-corrected chi connectivity index (χ2v) is 6.45. The van der Waals surface area contributed by atoms with Gasteiger partial charge < -0.3 is 10.4 Å². The summed E-state index contributed by atoms with van der Waals surface area (Å²) in [6, 6.07) is 12.1. The molecule has 3 rings (SSSR count). The molecule has 2 N–H and O–H groups in total. The number of benzene rings is 2. The van der Waals surface area contributed by atoms with Crippen molar-refractivity contribution < 1.29 is 19.5 Å². The standard InChI is InChI=1S/C19H17ClN2O4/c1-11(22-18(25)14-4-2-3-5-15(14)19(22)26)17(24)21-10-16(23)12-6-8-13(20)9-7-12/h2-9,11,16,23H,10H2,1H3,(H,21,24). The highest BCUT2D eigenvalue weighted by Gasteiger charge is 2.40. The maximum Gasteiger partial charge on any atom is 0.262 e. The number of amides is 3. The molecule has 6 nitrogen and oxygen atoms in total. The van der Waals surface area contributed by atoms with Crippen LogP contribution < -0.4 is 5.32 Å². The van der Waals surface area contributed by atoms with Crippen LogP contribution in [0.4, 0.5) is 0 Å². The normalized spacial score (nSPS) is 15.6. The number of hydrogen-bond donors (Lipinski definition) is 2. The smallest absolute Gasteiger partial charge is 0.262 e. The summed E-state index contributed by atoms with van der Waals surface area (Å²) in [5, 5.41) is 13.3. The van der Waals surface area contributed by atoms with E-state index in [0.717, 1.165) is 4.90 Å². The van der Waals surface area contributed by atoms with Crippen molar-refractivity contribution in [2.24, 2.45) is 0 Å². The number of imide groups is 1. The molecule has 7 heteroatoms. The van der Waals surface area contributed by atoms with Gasteiger partial charge in [-0.1, -0.05) is 35.9 Å². The summed E-state index contributed by atoms with van der Waals surface area (Å²) in [5.41, 5.74) is 1.18. The molecule has 0 aromatic heterocycles. The van der Waals surface area contributed by atoms with Crippen LogP contribution in [0, 0.1) is 0 Å². The quantitative estimate of drug-likeness (QED) is 0.787. The zero-order valence-corrected chi connectivity index (χ0v) is 14.7. The third-order valence-corrected chi connectivity index (χ3v) is 4.57. The Kier molecular flexibility index (Phi) is 5.06. The van der Waals surface area contributed by atoms with Crippen molar-refractivity contribution in [3.05, 3.63) is 70.2 Å². The average molecular weight is 373 g/mol. The van der Waals surface area contributed by atoms with E-state index in [0.29, 0.717) is 21.7 Å². The van der Waals surface area contributed by atoms with Crippen molar-refractivity contribution in [3.63, 3.8) is 0 Å². The van der Waals surface area contributed by atoms with Crippen LogP contribution in [-0.4, -0.2) is 40.3 Å². The van der Waals surface area contributed by atoms with Crippen molar-refractivity contribution in [1.29, 1.82) is 0 Å². The van der Waals surface area contributed by atoms with Gasteiger partial charge in [0.25, 0.3) is 11.8 Å². The third kappa shape index (κ3) is 3.34. The van der Waals surface area contributed by atoms with Crippen molar-refractivity contribution in [3.8, 4) is 0 Å². The first kappa shape index (κ1) is 18.1. The molecular formula is C19H17ClN2O4. The molecule has 2 aromatic carbocycles. The van der Waals surface area contributed by atoms with Gasteiger partial charge in [0.2, 0.25) is 5.91 Å². The fraction of sp³-hybridized carbons (Fsp3) is 0.211. The molecule has 3 amide bonds. The molecule has 0 radical (unpaired) electrons. The fourth-order valence-electron chi connectivity index (χ4n) is 2.82.